The molecule has 158 valence electrons. The zero-order valence-corrected chi connectivity index (χ0v) is 17.0. The molecular formula is C24H22N2O5. The van der Waals surface area contributed by atoms with Gasteiger partial charge in [-0.25, -0.2) is 0 Å². The van der Waals surface area contributed by atoms with Crippen LogP contribution in [0.15, 0.2) is 72.8 Å². The second-order valence-corrected chi connectivity index (χ2v) is 7.20. The summed E-state index contributed by atoms with van der Waals surface area (Å²) in [6, 6.07) is 20.9. The smallest absolute Gasteiger partial charge is 0.253 e. The van der Waals surface area contributed by atoms with Gasteiger partial charge in [-0.3, -0.25) is 9.59 Å². The van der Waals surface area contributed by atoms with Crippen molar-refractivity contribution in [1.29, 1.82) is 0 Å². The number of likely N-dealkylation sites (N-methyl/N-ethyl adjacent to an activating group) is 1. The third kappa shape index (κ3) is 4.78. The number of benzene rings is 3. The zero-order chi connectivity index (χ0) is 21.8. The average molecular weight is 418 g/mol. The van der Waals surface area contributed by atoms with Gasteiger partial charge in [-0.15, -0.1) is 0 Å². The third-order valence-corrected chi connectivity index (χ3v) is 4.87. The van der Waals surface area contributed by atoms with E-state index < -0.39 is 5.91 Å². The van der Waals surface area contributed by atoms with Crippen LogP contribution in [0.25, 0.3) is 0 Å². The van der Waals surface area contributed by atoms with E-state index in [0.717, 1.165) is 0 Å². The molecule has 3 aromatic rings. The lowest BCUT2D eigenvalue weighted by Crippen LogP contribution is -2.41. The van der Waals surface area contributed by atoms with Gasteiger partial charge in [-0.1, -0.05) is 12.1 Å². The first kappa shape index (κ1) is 20.3. The van der Waals surface area contributed by atoms with Crippen LogP contribution in [0, 0.1) is 0 Å². The van der Waals surface area contributed by atoms with Gasteiger partial charge in [-0.2, -0.15) is 0 Å². The minimum atomic E-state index is -0.493. The quantitative estimate of drug-likeness (QED) is 0.662. The molecule has 0 fully saturated rings. The fourth-order valence-corrected chi connectivity index (χ4v) is 3.25. The molecule has 2 amide bonds. The van der Waals surface area contributed by atoms with Crippen LogP contribution in [-0.4, -0.2) is 43.0 Å². The fourth-order valence-electron chi connectivity index (χ4n) is 3.25. The van der Waals surface area contributed by atoms with Crippen LogP contribution < -0.4 is 19.9 Å². The first-order valence-electron chi connectivity index (χ1n) is 9.81. The maximum atomic E-state index is 12.8. The van der Waals surface area contributed by atoms with Gasteiger partial charge in [0.15, 0.2) is 17.6 Å². The van der Waals surface area contributed by atoms with Crippen molar-refractivity contribution in [3.05, 3.63) is 83.9 Å². The van der Waals surface area contributed by atoms with Gasteiger partial charge < -0.3 is 24.8 Å². The molecule has 1 atom stereocenters. The lowest BCUT2D eigenvalue weighted by molar-refractivity contribution is 0.0521. The van der Waals surface area contributed by atoms with Gasteiger partial charge in [0.2, 0.25) is 5.91 Å². The maximum Gasteiger partial charge on any atom is 0.253 e. The van der Waals surface area contributed by atoms with Crippen molar-refractivity contribution in [2.45, 2.75) is 6.10 Å². The number of nitrogens with zero attached hydrogens (tertiary/aromatic N) is 1. The molecule has 1 heterocycles. The van der Waals surface area contributed by atoms with Gasteiger partial charge in [0.25, 0.3) is 5.91 Å². The molecule has 0 spiro atoms. The molecule has 7 heteroatoms. The van der Waals surface area contributed by atoms with Gasteiger partial charge >= 0.3 is 0 Å². The highest BCUT2D eigenvalue weighted by atomic mass is 16.6. The van der Waals surface area contributed by atoms with E-state index in [1.807, 2.05) is 24.3 Å². The standard InChI is InChI=1S/C24H22N2O5/c1-26(14-20-15-29-21-4-2-3-5-22(21)31-20)24(28)17-8-12-19(13-9-17)30-18-10-6-16(7-11-18)23(25)27/h2-13,20H,14-15H2,1H3,(H2,25,27). The number of fused-ring (bicyclic) bond motifs is 1. The topological polar surface area (TPSA) is 91.1 Å². The molecule has 4 rings (SSSR count). The zero-order valence-electron chi connectivity index (χ0n) is 17.0. The lowest BCUT2D eigenvalue weighted by atomic mass is 10.2. The van der Waals surface area contributed by atoms with Crippen molar-refractivity contribution in [3.8, 4) is 23.0 Å². The van der Waals surface area contributed by atoms with Crippen molar-refractivity contribution in [3.63, 3.8) is 0 Å². The molecule has 7 nitrogen and oxygen atoms in total. The first-order chi connectivity index (χ1) is 15.0. The molecule has 0 bridgehead atoms. The number of primary amides is 1. The highest BCUT2D eigenvalue weighted by molar-refractivity contribution is 5.94. The summed E-state index contributed by atoms with van der Waals surface area (Å²) in [5.74, 6) is 1.92. The summed E-state index contributed by atoms with van der Waals surface area (Å²) >= 11 is 0. The Kier molecular flexibility index (Phi) is 5.75. The summed E-state index contributed by atoms with van der Waals surface area (Å²) in [5, 5.41) is 0. The number of hydrogen-bond donors (Lipinski definition) is 1. The van der Waals surface area contributed by atoms with E-state index in [-0.39, 0.29) is 12.0 Å². The van der Waals surface area contributed by atoms with Gasteiger partial charge in [0, 0.05) is 18.2 Å². The molecule has 1 unspecified atom stereocenters. The van der Waals surface area contributed by atoms with E-state index in [1.165, 1.54) is 0 Å². The Labute approximate surface area is 179 Å². The van der Waals surface area contributed by atoms with Gasteiger partial charge in [0.1, 0.15) is 18.1 Å². The normalized spacial score (nSPS) is 14.5. The highest BCUT2D eigenvalue weighted by Gasteiger charge is 2.24. The van der Waals surface area contributed by atoms with Crippen molar-refractivity contribution >= 4 is 11.8 Å². The fraction of sp³-hybridized carbons (Fsp3) is 0.167. The summed E-state index contributed by atoms with van der Waals surface area (Å²) in [7, 11) is 1.73. The predicted octanol–water partition coefficient (Wildman–Crippen LogP) is 3.49. The van der Waals surface area contributed by atoms with Crippen LogP contribution >= 0.6 is 0 Å². The number of hydrogen-bond acceptors (Lipinski definition) is 5. The summed E-state index contributed by atoms with van der Waals surface area (Å²) < 4.78 is 17.4. The van der Waals surface area contributed by atoms with E-state index in [1.54, 1.807) is 60.5 Å². The van der Waals surface area contributed by atoms with Crippen LogP contribution in [0.3, 0.4) is 0 Å². The van der Waals surface area contributed by atoms with Crippen LogP contribution in [0.5, 0.6) is 23.0 Å². The van der Waals surface area contributed by atoms with Gasteiger partial charge in [-0.05, 0) is 60.7 Å². The lowest BCUT2D eigenvalue weighted by Gasteiger charge is -2.29. The van der Waals surface area contributed by atoms with E-state index in [4.69, 9.17) is 19.9 Å². The minimum absolute atomic E-state index is 0.125. The molecule has 1 aliphatic heterocycles. The molecule has 2 N–H and O–H groups in total. The van der Waals surface area contributed by atoms with Crippen LogP contribution in [-0.2, 0) is 0 Å². The second-order valence-electron chi connectivity index (χ2n) is 7.20. The number of carbonyl (C=O) groups excluding carboxylic acids is 2. The number of ether oxygens (including phenoxy) is 3. The Morgan fingerprint density at radius 1 is 0.935 bits per heavy atom. The number of carbonyl (C=O) groups is 2. The Bertz CT molecular complexity index is 1080. The predicted molar refractivity (Wildman–Crippen MR) is 115 cm³/mol. The number of nitrogens with two attached hydrogens (primary N) is 1. The van der Waals surface area contributed by atoms with Crippen molar-refractivity contribution in [2.24, 2.45) is 5.73 Å². The first-order valence-corrected chi connectivity index (χ1v) is 9.81. The van der Waals surface area contributed by atoms with Gasteiger partial charge in [0.05, 0.1) is 6.54 Å². The van der Waals surface area contributed by atoms with Crippen molar-refractivity contribution < 1.29 is 23.8 Å². The minimum Gasteiger partial charge on any atom is -0.486 e. The van der Waals surface area contributed by atoms with E-state index in [9.17, 15) is 9.59 Å². The molecule has 3 aromatic carbocycles. The molecule has 0 aliphatic carbocycles. The van der Waals surface area contributed by atoms with E-state index >= 15 is 0 Å². The van der Waals surface area contributed by atoms with Crippen LogP contribution in [0.1, 0.15) is 20.7 Å². The Morgan fingerprint density at radius 3 is 2.13 bits per heavy atom. The maximum absolute atomic E-state index is 12.8. The Morgan fingerprint density at radius 2 is 1.52 bits per heavy atom. The molecular weight excluding hydrogens is 396 g/mol. The van der Waals surface area contributed by atoms with Crippen molar-refractivity contribution in [2.75, 3.05) is 20.2 Å². The summed E-state index contributed by atoms with van der Waals surface area (Å²) in [6.07, 6.45) is -0.241. The van der Waals surface area contributed by atoms with E-state index in [0.29, 0.717) is 47.3 Å². The Hall–Kier alpha value is -4.00. The molecule has 1 aliphatic rings. The number of amides is 2. The van der Waals surface area contributed by atoms with Crippen LogP contribution in [0.4, 0.5) is 0 Å². The SMILES string of the molecule is CN(CC1COc2ccccc2O1)C(=O)c1ccc(Oc2ccc(C(N)=O)cc2)cc1. The second kappa shape index (κ2) is 8.79. The van der Waals surface area contributed by atoms with E-state index in [2.05, 4.69) is 0 Å². The largest absolute Gasteiger partial charge is 0.486 e. The number of rotatable bonds is 6. The molecule has 31 heavy (non-hydrogen) atoms. The summed E-state index contributed by atoms with van der Waals surface area (Å²) in [4.78, 5) is 25.5. The monoisotopic (exact) mass is 418 g/mol. The number of para-hydroxylation sites is 2. The molecule has 0 saturated carbocycles. The van der Waals surface area contributed by atoms with Crippen LogP contribution in [0.2, 0.25) is 0 Å². The highest BCUT2D eigenvalue weighted by Crippen LogP contribution is 2.31. The third-order valence-electron chi connectivity index (χ3n) is 4.87. The summed E-state index contributed by atoms with van der Waals surface area (Å²) in [6.45, 7) is 0.785. The molecule has 0 radical (unpaired) electrons. The Balaban J connectivity index is 1.35. The molecule has 0 saturated heterocycles. The average Bonchev–Trinajstić information content (AvgIpc) is 2.79. The van der Waals surface area contributed by atoms with Crippen molar-refractivity contribution in [1.82, 2.24) is 4.90 Å². The molecule has 0 aromatic heterocycles. The summed E-state index contributed by atoms with van der Waals surface area (Å²) in [5.41, 5.74) is 6.18.